The average Bonchev–Trinajstić information content (AvgIpc) is 2.57. The Morgan fingerprint density at radius 3 is 2.36 bits per heavy atom. The fraction of sp³-hybridized carbons (Fsp3) is 0.333. The van der Waals surface area contributed by atoms with Crippen LogP contribution >= 0.6 is 23.2 Å². The van der Waals surface area contributed by atoms with Crippen LogP contribution in [0.1, 0.15) is 31.7 Å². The fourth-order valence-electron chi connectivity index (χ4n) is 2.22. The van der Waals surface area contributed by atoms with E-state index in [-0.39, 0.29) is 9.92 Å². The van der Waals surface area contributed by atoms with Crippen LogP contribution in [0.5, 0.6) is 5.75 Å². The molecular weight excluding hydrogens is 381 g/mol. The first-order chi connectivity index (χ1) is 11.8. The number of nitrogens with one attached hydrogen (secondary N) is 1. The molecule has 0 fully saturated rings. The second-order valence-electron chi connectivity index (χ2n) is 5.67. The number of rotatable bonds is 8. The Kier molecular flexibility index (Phi) is 6.99. The van der Waals surface area contributed by atoms with Crippen molar-refractivity contribution in [3.8, 4) is 5.75 Å². The van der Waals surface area contributed by atoms with Gasteiger partial charge in [0.2, 0.25) is 0 Å². The van der Waals surface area contributed by atoms with E-state index in [1.54, 1.807) is 31.2 Å². The summed E-state index contributed by atoms with van der Waals surface area (Å²) in [5, 5.41) is 0.546. The van der Waals surface area contributed by atoms with Crippen molar-refractivity contribution in [1.82, 2.24) is 0 Å². The molecule has 0 atom stereocenters. The molecule has 0 aromatic heterocycles. The van der Waals surface area contributed by atoms with Crippen molar-refractivity contribution in [2.24, 2.45) is 0 Å². The zero-order chi connectivity index (χ0) is 18.4. The zero-order valence-corrected chi connectivity index (χ0v) is 16.5. The summed E-state index contributed by atoms with van der Waals surface area (Å²) >= 11 is 12.1. The largest absolute Gasteiger partial charge is 0.494 e. The van der Waals surface area contributed by atoms with Crippen LogP contribution in [-0.2, 0) is 10.0 Å². The topological polar surface area (TPSA) is 55.4 Å². The van der Waals surface area contributed by atoms with E-state index < -0.39 is 10.0 Å². The molecule has 0 bridgehead atoms. The Hall–Kier alpha value is -1.43. The van der Waals surface area contributed by atoms with Gasteiger partial charge >= 0.3 is 0 Å². The molecule has 0 heterocycles. The predicted octanol–water partition coefficient (Wildman–Crippen LogP) is 5.67. The smallest absolute Gasteiger partial charge is 0.263 e. The lowest BCUT2D eigenvalue weighted by atomic mass is 10.2. The van der Waals surface area contributed by atoms with Gasteiger partial charge < -0.3 is 4.74 Å². The van der Waals surface area contributed by atoms with Crippen molar-refractivity contribution in [2.45, 2.75) is 38.0 Å². The first-order valence-corrected chi connectivity index (χ1v) is 10.3. The highest BCUT2D eigenvalue weighted by Gasteiger charge is 2.20. The number of hydrogen-bond acceptors (Lipinski definition) is 3. The first kappa shape index (κ1) is 19.9. The summed E-state index contributed by atoms with van der Waals surface area (Å²) < 4.78 is 33.2. The molecule has 0 saturated heterocycles. The van der Waals surface area contributed by atoms with Crippen LogP contribution in [0, 0.1) is 6.92 Å². The summed E-state index contributed by atoms with van der Waals surface area (Å²) in [4.78, 5) is -0.00374. The van der Waals surface area contributed by atoms with Crippen molar-refractivity contribution in [3.05, 3.63) is 52.0 Å². The van der Waals surface area contributed by atoms with Crippen molar-refractivity contribution in [1.29, 1.82) is 0 Å². The SMILES string of the molecule is CCCCCOc1ccc(NS(=O)(=O)c2ccc(Cl)c(C)c2Cl)cc1. The Morgan fingerprint density at radius 2 is 1.72 bits per heavy atom. The quantitative estimate of drug-likeness (QED) is 0.579. The number of sulfonamides is 1. The third kappa shape index (κ3) is 5.27. The van der Waals surface area contributed by atoms with E-state index in [0.717, 1.165) is 19.3 Å². The molecule has 0 radical (unpaired) electrons. The molecular formula is C18H21Cl2NO3S. The molecule has 2 aromatic carbocycles. The number of hydrogen-bond donors (Lipinski definition) is 1. The van der Waals surface area contributed by atoms with Gasteiger partial charge in [-0.05, 0) is 55.3 Å². The molecule has 2 aromatic rings. The van der Waals surface area contributed by atoms with E-state index in [4.69, 9.17) is 27.9 Å². The summed E-state index contributed by atoms with van der Waals surface area (Å²) in [5.74, 6) is 0.708. The second-order valence-corrected chi connectivity index (χ2v) is 8.11. The maximum absolute atomic E-state index is 12.5. The molecule has 0 saturated carbocycles. The minimum Gasteiger partial charge on any atom is -0.494 e. The lowest BCUT2D eigenvalue weighted by Crippen LogP contribution is -2.14. The molecule has 0 aliphatic heterocycles. The van der Waals surface area contributed by atoms with Crippen LogP contribution in [0.15, 0.2) is 41.3 Å². The maximum Gasteiger partial charge on any atom is 0.263 e. The Balaban J connectivity index is 2.09. The molecule has 0 spiro atoms. The van der Waals surface area contributed by atoms with Gasteiger partial charge in [0.25, 0.3) is 10.0 Å². The van der Waals surface area contributed by atoms with Gasteiger partial charge in [-0.15, -0.1) is 0 Å². The third-order valence-electron chi connectivity index (χ3n) is 3.70. The number of halogens is 2. The Bertz CT molecular complexity index is 821. The number of benzene rings is 2. The van der Waals surface area contributed by atoms with E-state index >= 15 is 0 Å². The van der Waals surface area contributed by atoms with Gasteiger partial charge in [0.15, 0.2) is 0 Å². The lowest BCUT2D eigenvalue weighted by molar-refractivity contribution is 0.306. The molecule has 0 aliphatic rings. The minimum absolute atomic E-state index is 0.00374. The van der Waals surface area contributed by atoms with E-state index in [2.05, 4.69) is 11.6 Å². The van der Waals surface area contributed by atoms with E-state index in [0.29, 0.717) is 28.6 Å². The highest BCUT2D eigenvalue weighted by Crippen LogP contribution is 2.31. The van der Waals surface area contributed by atoms with Crippen LogP contribution in [0.4, 0.5) is 5.69 Å². The number of unbranched alkanes of at least 4 members (excludes halogenated alkanes) is 2. The van der Waals surface area contributed by atoms with Crippen molar-refractivity contribution < 1.29 is 13.2 Å². The molecule has 4 nitrogen and oxygen atoms in total. The molecule has 0 amide bonds. The van der Waals surface area contributed by atoms with Gasteiger partial charge in [0.1, 0.15) is 10.6 Å². The highest BCUT2D eigenvalue weighted by molar-refractivity contribution is 7.92. The fourth-order valence-corrected chi connectivity index (χ4v) is 4.08. The standard InChI is InChI=1S/C18H21Cl2NO3S/c1-3-4-5-12-24-15-8-6-14(7-9-15)21-25(22,23)17-11-10-16(19)13(2)18(17)20/h6-11,21H,3-5,12H2,1-2H3. The molecule has 136 valence electrons. The van der Waals surface area contributed by atoms with Gasteiger partial charge in [-0.3, -0.25) is 4.72 Å². The summed E-state index contributed by atoms with van der Waals surface area (Å²) in [5.41, 5.74) is 0.964. The van der Waals surface area contributed by atoms with Crippen molar-refractivity contribution in [3.63, 3.8) is 0 Å². The summed E-state index contributed by atoms with van der Waals surface area (Å²) in [6.45, 7) is 4.46. The minimum atomic E-state index is -3.80. The van der Waals surface area contributed by atoms with Gasteiger partial charge in [-0.25, -0.2) is 8.42 Å². The maximum atomic E-state index is 12.5. The Morgan fingerprint density at radius 1 is 1.04 bits per heavy atom. The molecule has 2 rings (SSSR count). The van der Waals surface area contributed by atoms with E-state index in [1.165, 1.54) is 12.1 Å². The average molecular weight is 402 g/mol. The van der Waals surface area contributed by atoms with Crippen LogP contribution in [-0.4, -0.2) is 15.0 Å². The molecule has 0 unspecified atom stereocenters. The van der Waals surface area contributed by atoms with Gasteiger partial charge in [0.05, 0.1) is 11.6 Å². The highest BCUT2D eigenvalue weighted by atomic mass is 35.5. The van der Waals surface area contributed by atoms with Crippen LogP contribution in [0.3, 0.4) is 0 Å². The Labute approximate surface area is 159 Å². The number of anilines is 1. The van der Waals surface area contributed by atoms with Gasteiger partial charge in [0, 0.05) is 10.7 Å². The van der Waals surface area contributed by atoms with E-state index in [1.807, 2.05) is 0 Å². The van der Waals surface area contributed by atoms with Crippen LogP contribution in [0.2, 0.25) is 10.0 Å². The summed E-state index contributed by atoms with van der Waals surface area (Å²) in [6, 6.07) is 9.69. The molecule has 25 heavy (non-hydrogen) atoms. The van der Waals surface area contributed by atoms with Crippen LogP contribution in [0.25, 0.3) is 0 Å². The monoisotopic (exact) mass is 401 g/mol. The van der Waals surface area contributed by atoms with Gasteiger partial charge in [-0.1, -0.05) is 43.0 Å². The molecule has 0 aliphatic carbocycles. The van der Waals surface area contributed by atoms with Crippen molar-refractivity contribution in [2.75, 3.05) is 11.3 Å². The zero-order valence-electron chi connectivity index (χ0n) is 14.2. The third-order valence-corrected chi connectivity index (χ3v) is 6.13. The molecule has 1 N–H and O–H groups in total. The number of ether oxygens (including phenoxy) is 1. The summed E-state index contributed by atoms with van der Waals surface area (Å²) in [7, 11) is -3.80. The molecule has 7 heteroatoms. The van der Waals surface area contributed by atoms with Crippen LogP contribution < -0.4 is 9.46 Å². The second kappa shape index (κ2) is 8.79. The predicted molar refractivity (Wildman–Crippen MR) is 103 cm³/mol. The van der Waals surface area contributed by atoms with Gasteiger partial charge in [-0.2, -0.15) is 0 Å². The normalized spacial score (nSPS) is 11.4. The lowest BCUT2D eigenvalue weighted by Gasteiger charge is -2.12. The first-order valence-electron chi connectivity index (χ1n) is 8.05. The summed E-state index contributed by atoms with van der Waals surface area (Å²) in [6.07, 6.45) is 3.26. The van der Waals surface area contributed by atoms with E-state index in [9.17, 15) is 8.42 Å². The van der Waals surface area contributed by atoms with Crippen molar-refractivity contribution >= 4 is 38.9 Å².